The summed E-state index contributed by atoms with van der Waals surface area (Å²) in [6.45, 7) is 0.0462. The first kappa shape index (κ1) is 25.2. The van der Waals surface area contributed by atoms with E-state index in [1.165, 1.54) is 6.07 Å². The number of phosphoric acid groups is 3. The smallest absolute Gasteiger partial charge is 0.387 e. The van der Waals surface area contributed by atoms with Gasteiger partial charge in [0.1, 0.15) is 23.6 Å². The van der Waals surface area contributed by atoms with Crippen LogP contribution in [0.5, 0.6) is 0 Å². The predicted octanol–water partition coefficient (Wildman–Crippen LogP) is -1.82. The topological polar surface area (TPSA) is 270 Å². The molecule has 30 heavy (non-hydrogen) atoms. The van der Waals surface area contributed by atoms with Gasteiger partial charge in [-0.1, -0.05) is 0 Å². The number of aromatic nitrogens is 2. The van der Waals surface area contributed by atoms with Crippen molar-refractivity contribution in [2.24, 2.45) is 0 Å². The minimum absolute atomic E-state index is 0.126. The van der Waals surface area contributed by atoms with Gasteiger partial charge in [-0.25, -0.2) is 18.5 Å². The fourth-order valence-corrected chi connectivity index (χ4v) is 5.48. The van der Waals surface area contributed by atoms with Crippen LogP contribution >= 0.6 is 23.5 Å². The normalized spacial score (nSPS) is 31.2. The summed E-state index contributed by atoms with van der Waals surface area (Å²) in [5.74, 6) is -0.126. The standard InChI is InChI=1S/C10H18N3O14P3/c1-10(16)7(14)5(25-8(10)13-3-2-6(11)12-9(13)15)4-24-29(20,21)27-30(22,23)26-28(17,18)19/h2-3,5,7-8,14,16H,4H2,1H3,(H,20,21)(H,22,23)(H2,11,12,15)(H2,17,18,19)/t5?,7-,8+,10?/m0/s1. The van der Waals surface area contributed by atoms with Crippen LogP contribution in [-0.4, -0.2) is 63.8 Å². The van der Waals surface area contributed by atoms with E-state index in [1.54, 1.807) is 0 Å². The molecule has 1 aliphatic rings. The number of hydrogen-bond acceptors (Lipinski definition) is 12. The Hall–Kier alpha value is -1.03. The van der Waals surface area contributed by atoms with E-state index in [0.29, 0.717) is 0 Å². The third-order valence-electron chi connectivity index (χ3n) is 3.68. The third-order valence-corrected chi connectivity index (χ3v) is 7.48. The van der Waals surface area contributed by atoms with Crippen molar-refractivity contribution in [3.05, 3.63) is 22.7 Å². The van der Waals surface area contributed by atoms with Gasteiger partial charge in [-0.2, -0.15) is 13.6 Å². The highest BCUT2D eigenvalue weighted by atomic mass is 31.3. The van der Waals surface area contributed by atoms with Crippen LogP contribution in [0.25, 0.3) is 0 Å². The number of nitrogens with two attached hydrogens (primary N) is 1. The number of hydrogen-bond donors (Lipinski definition) is 7. The summed E-state index contributed by atoms with van der Waals surface area (Å²) in [4.78, 5) is 50.8. The van der Waals surface area contributed by atoms with Gasteiger partial charge in [0.25, 0.3) is 0 Å². The summed E-state index contributed by atoms with van der Waals surface area (Å²) in [5.41, 5.74) is 2.28. The van der Waals surface area contributed by atoms with Crippen LogP contribution in [0.15, 0.2) is 17.1 Å². The average Bonchev–Trinajstić information content (AvgIpc) is 2.73. The van der Waals surface area contributed by atoms with Crippen molar-refractivity contribution in [2.45, 2.75) is 31.0 Å². The minimum Gasteiger partial charge on any atom is -0.387 e. The second-order valence-electron chi connectivity index (χ2n) is 6.13. The molecule has 20 heteroatoms. The molecule has 2 rings (SSSR count). The third kappa shape index (κ3) is 6.24. The Balaban J connectivity index is 2.12. The van der Waals surface area contributed by atoms with E-state index in [-0.39, 0.29) is 5.82 Å². The Morgan fingerprint density at radius 3 is 2.37 bits per heavy atom. The molecule has 1 fully saturated rings. The van der Waals surface area contributed by atoms with Gasteiger partial charge in [-0.3, -0.25) is 9.09 Å². The largest absolute Gasteiger partial charge is 0.490 e. The summed E-state index contributed by atoms with van der Waals surface area (Å²) in [6, 6.07) is 1.20. The monoisotopic (exact) mass is 497 g/mol. The minimum atomic E-state index is -5.73. The number of phosphoric ester groups is 1. The fraction of sp³-hybridized carbons (Fsp3) is 0.600. The SMILES string of the molecule is CC1(O)[C@@H](O)C(COP(=O)(O)OP(=O)(O)OP(=O)(O)O)O[C@H]1n1ccc(N)nc1=O. The van der Waals surface area contributed by atoms with Gasteiger partial charge in [-0.05, 0) is 13.0 Å². The lowest BCUT2D eigenvalue weighted by atomic mass is 9.96. The molecule has 1 saturated heterocycles. The Labute approximate surface area is 167 Å². The van der Waals surface area contributed by atoms with Crippen molar-refractivity contribution in [2.75, 3.05) is 12.3 Å². The number of aliphatic hydroxyl groups is 2. The summed E-state index contributed by atoms with van der Waals surface area (Å²) in [7, 11) is -16.8. The highest BCUT2D eigenvalue weighted by molar-refractivity contribution is 7.66. The Bertz CT molecular complexity index is 990. The maximum Gasteiger partial charge on any atom is 0.490 e. The Kier molecular flexibility index (Phi) is 7.14. The zero-order valence-corrected chi connectivity index (χ0v) is 17.5. The van der Waals surface area contributed by atoms with Gasteiger partial charge < -0.3 is 40.3 Å². The predicted molar refractivity (Wildman–Crippen MR) is 93.3 cm³/mol. The molecule has 172 valence electrons. The second kappa shape index (κ2) is 8.48. The van der Waals surface area contributed by atoms with Crippen LogP contribution in [-0.2, 0) is 31.6 Å². The van der Waals surface area contributed by atoms with Crippen molar-refractivity contribution >= 4 is 29.3 Å². The van der Waals surface area contributed by atoms with Gasteiger partial charge in [0.15, 0.2) is 6.23 Å². The van der Waals surface area contributed by atoms with Crippen molar-refractivity contribution in [1.29, 1.82) is 0 Å². The molecule has 2 heterocycles. The molecule has 0 spiro atoms. The number of nitrogens with zero attached hydrogens (tertiary/aromatic N) is 2. The van der Waals surface area contributed by atoms with E-state index >= 15 is 0 Å². The molecular weight excluding hydrogens is 479 g/mol. The molecule has 0 radical (unpaired) electrons. The maximum atomic E-state index is 11.9. The Morgan fingerprint density at radius 1 is 1.23 bits per heavy atom. The summed E-state index contributed by atoms with van der Waals surface area (Å²) >= 11 is 0. The zero-order chi connectivity index (χ0) is 23.1. The molecule has 1 aromatic heterocycles. The molecular formula is C10H18N3O14P3. The van der Waals surface area contributed by atoms with Crippen molar-refractivity contribution < 1.29 is 61.4 Å². The molecule has 17 nitrogen and oxygen atoms in total. The number of aliphatic hydroxyl groups excluding tert-OH is 1. The summed E-state index contributed by atoms with van der Waals surface area (Å²) in [5, 5.41) is 20.7. The maximum absolute atomic E-state index is 11.9. The van der Waals surface area contributed by atoms with E-state index in [9.17, 15) is 33.6 Å². The quantitative estimate of drug-likeness (QED) is 0.195. The van der Waals surface area contributed by atoms with E-state index in [4.69, 9.17) is 25.2 Å². The van der Waals surface area contributed by atoms with Gasteiger partial charge in [0.05, 0.1) is 6.61 Å². The van der Waals surface area contributed by atoms with Gasteiger partial charge >= 0.3 is 29.2 Å². The lowest BCUT2D eigenvalue weighted by Crippen LogP contribution is -2.46. The lowest BCUT2D eigenvalue weighted by Gasteiger charge is -2.27. The van der Waals surface area contributed by atoms with E-state index < -0.39 is 59.8 Å². The van der Waals surface area contributed by atoms with E-state index in [2.05, 4.69) is 18.1 Å². The summed E-state index contributed by atoms with van der Waals surface area (Å²) in [6.07, 6.45) is -3.80. The number of anilines is 1. The lowest BCUT2D eigenvalue weighted by molar-refractivity contribution is -0.0985. The van der Waals surface area contributed by atoms with Crippen LogP contribution < -0.4 is 11.4 Å². The molecule has 0 amide bonds. The molecule has 1 aliphatic heterocycles. The molecule has 0 bridgehead atoms. The first-order valence-electron chi connectivity index (χ1n) is 7.62. The van der Waals surface area contributed by atoms with Crippen LogP contribution in [0.3, 0.4) is 0 Å². The molecule has 8 N–H and O–H groups in total. The van der Waals surface area contributed by atoms with Crippen molar-refractivity contribution in [3.63, 3.8) is 0 Å². The highest BCUT2D eigenvalue weighted by Gasteiger charge is 2.54. The number of ether oxygens (including phenoxy) is 1. The molecule has 1 aromatic rings. The van der Waals surface area contributed by atoms with Crippen LogP contribution in [0.1, 0.15) is 13.2 Å². The number of nitrogen functional groups attached to an aromatic ring is 1. The second-order valence-corrected chi connectivity index (χ2v) is 10.5. The average molecular weight is 497 g/mol. The van der Waals surface area contributed by atoms with Crippen molar-refractivity contribution in [1.82, 2.24) is 9.55 Å². The number of rotatable bonds is 8. The van der Waals surface area contributed by atoms with Crippen LogP contribution in [0.4, 0.5) is 5.82 Å². The highest BCUT2D eigenvalue weighted by Crippen LogP contribution is 2.66. The van der Waals surface area contributed by atoms with Crippen LogP contribution in [0, 0.1) is 0 Å². The molecule has 0 saturated carbocycles. The Morgan fingerprint density at radius 2 is 1.83 bits per heavy atom. The van der Waals surface area contributed by atoms with Crippen LogP contribution in [0.2, 0.25) is 0 Å². The van der Waals surface area contributed by atoms with E-state index in [0.717, 1.165) is 17.7 Å². The molecule has 0 aliphatic carbocycles. The van der Waals surface area contributed by atoms with Crippen molar-refractivity contribution in [3.8, 4) is 0 Å². The molecule has 0 aromatic carbocycles. The van der Waals surface area contributed by atoms with E-state index in [1.807, 2.05) is 0 Å². The zero-order valence-electron chi connectivity index (χ0n) is 14.9. The molecule has 6 atom stereocenters. The van der Waals surface area contributed by atoms with Gasteiger partial charge in [0, 0.05) is 6.20 Å². The first-order chi connectivity index (χ1) is 13.4. The van der Waals surface area contributed by atoms with Gasteiger partial charge in [-0.15, -0.1) is 0 Å². The van der Waals surface area contributed by atoms with Gasteiger partial charge in [0.2, 0.25) is 0 Å². The first-order valence-corrected chi connectivity index (χ1v) is 12.1. The fourth-order valence-electron chi connectivity index (χ4n) is 2.45. The summed E-state index contributed by atoms with van der Waals surface area (Å²) < 4.78 is 51.1. The molecule has 4 unspecified atom stereocenters.